The molecule has 1 fully saturated rings. The molecule has 3 rings (SSSR count). The lowest BCUT2D eigenvalue weighted by Crippen LogP contribution is -2.47. The van der Waals surface area contributed by atoms with E-state index in [-0.39, 0.29) is 19.2 Å². The number of nitrogens with zero attached hydrogens (tertiary/aromatic N) is 1. The summed E-state index contributed by atoms with van der Waals surface area (Å²) in [6, 6.07) is 3.38. The lowest BCUT2D eigenvalue weighted by molar-refractivity contribution is -0.137. The topological polar surface area (TPSA) is 70.0 Å². The van der Waals surface area contributed by atoms with Crippen LogP contribution in [0.5, 0.6) is 0 Å². The molecule has 0 amide bonds. The van der Waals surface area contributed by atoms with Crippen molar-refractivity contribution in [3.05, 3.63) is 29.3 Å². The Bertz CT molecular complexity index is 655. The molecule has 1 aromatic rings. The molecule has 0 spiro atoms. The average Bonchev–Trinajstić information content (AvgIpc) is 2.52. The van der Waals surface area contributed by atoms with E-state index in [1.165, 1.54) is 6.07 Å². The maximum atomic E-state index is 12.9. The Morgan fingerprint density at radius 1 is 1.25 bits per heavy atom. The molecule has 0 aromatic heterocycles. The molecule has 134 valence electrons. The summed E-state index contributed by atoms with van der Waals surface area (Å²) >= 11 is 0. The fraction of sp³-hybridized carbons (Fsp3) is 0.600. The van der Waals surface area contributed by atoms with Crippen molar-refractivity contribution in [2.75, 3.05) is 18.1 Å². The minimum atomic E-state index is -4.49. The third kappa shape index (κ3) is 3.61. The highest BCUT2D eigenvalue weighted by molar-refractivity contribution is 7.52. The van der Waals surface area contributed by atoms with E-state index in [0.717, 1.165) is 25.0 Å². The number of fused-ring (bicyclic) bond motifs is 1. The zero-order valence-electron chi connectivity index (χ0n) is 12.9. The lowest BCUT2D eigenvalue weighted by atomic mass is 9.97. The van der Waals surface area contributed by atoms with E-state index >= 15 is 0 Å². The number of rotatable bonds is 2. The summed E-state index contributed by atoms with van der Waals surface area (Å²) in [6.07, 6.45) is -2.41. The third-order valence-electron chi connectivity index (χ3n) is 4.56. The minimum Gasteiger partial charge on any atom is -0.358 e. The van der Waals surface area contributed by atoms with Gasteiger partial charge in [0, 0.05) is 18.8 Å². The van der Waals surface area contributed by atoms with Crippen molar-refractivity contribution in [3.8, 4) is 0 Å². The van der Waals surface area contributed by atoms with E-state index in [1.807, 2.05) is 0 Å². The average molecular weight is 365 g/mol. The highest BCUT2D eigenvalue weighted by Crippen LogP contribution is 2.48. The third-order valence-corrected chi connectivity index (χ3v) is 5.86. The van der Waals surface area contributed by atoms with Crippen molar-refractivity contribution < 1.29 is 32.3 Å². The second-order valence-electron chi connectivity index (χ2n) is 6.26. The summed E-state index contributed by atoms with van der Waals surface area (Å²) in [6.45, 7) is 0.616. The molecule has 2 unspecified atom stereocenters. The highest BCUT2D eigenvalue weighted by atomic mass is 31.2. The molecule has 2 N–H and O–H groups in total. The van der Waals surface area contributed by atoms with E-state index in [2.05, 4.69) is 0 Å². The van der Waals surface area contributed by atoms with E-state index in [1.54, 1.807) is 4.90 Å². The smallest absolute Gasteiger partial charge is 0.358 e. The van der Waals surface area contributed by atoms with E-state index in [9.17, 15) is 27.5 Å². The summed E-state index contributed by atoms with van der Waals surface area (Å²) in [7, 11) is -4.42. The van der Waals surface area contributed by atoms with Gasteiger partial charge in [-0.2, -0.15) is 13.2 Å². The maximum absolute atomic E-state index is 12.9. The lowest BCUT2D eigenvalue weighted by Gasteiger charge is -2.42. The van der Waals surface area contributed by atoms with Gasteiger partial charge in [-0.1, -0.05) is 0 Å². The predicted molar refractivity (Wildman–Crippen MR) is 81.9 cm³/mol. The Morgan fingerprint density at radius 3 is 2.58 bits per heavy atom. The van der Waals surface area contributed by atoms with Crippen molar-refractivity contribution in [3.63, 3.8) is 0 Å². The molecule has 0 aliphatic carbocycles. The first-order valence-electron chi connectivity index (χ1n) is 7.80. The number of alkyl halides is 3. The van der Waals surface area contributed by atoms with E-state index in [0.29, 0.717) is 24.3 Å². The Kier molecular flexibility index (Phi) is 4.68. The number of hydrogen-bond donors (Lipinski definition) is 2. The van der Waals surface area contributed by atoms with Crippen LogP contribution in [0.4, 0.5) is 18.9 Å². The van der Waals surface area contributed by atoms with Crippen molar-refractivity contribution in [1.82, 2.24) is 0 Å². The van der Waals surface area contributed by atoms with Crippen LogP contribution in [-0.2, 0) is 21.9 Å². The second kappa shape index (κ2) is 6.33. The molecule has 9 heteroatoms. The zero-order valence-corrected chi connectivity index (χ0v) is 13.8. The van der Waals surface area contributed by atoms with Gasteiger partial charge in [0.05, 0.1) is 11.2 Å². The molecule has 2 heterocycles. The Hall–Kier alpha value is -1.08. The highest BCUT2D eigenvalue weighted by Gasteiger charge is 2.40. The fourth-order valence-corrected chi connectivity index (χ4v) is 4.14. The number of hydrogen-bond acceptors (Lipinski definition) is 3. The van der Waals surface area contributed by atoms with Crippen LogP contribution in [0.1, 0.15) is 30.4 Å². The minimum absolute atomic E-state index is 0.0766. The van der Waals surface area contributed by atoms with Crippen LogP contribution in [0, 0.1) is 0 Å². The van der Waals surface area contributed by atoms with E-state index in [4.69, 9.17) is 4.74 Å². The normalized spacial score (nSPS) is 25.5. The van der Waals surface area contributed by atoms with Gasteiger partial charge < -0.3 is 19.4 Å². The molecule has 5 nitrogen and oxygen atoms in total. The van der Waals surface area contributed by atoms with Gasteiger partial charge in [0.1, 0.15) is 6.23 Å². The molecule has 1 aromatic carbocycles. The fourth-order valence-electron chi connectivity index (χ4n) is 3.32. The molecular weight excluding hydrogens is 346 g/mol. The monoisotopic (exact) mass is 365 g/mol. The largest absolute Gasteiger partial charge is 0.416 e. The molecule has 0 bridgehead atoms. The van der Waals surface area contributed by atoms with Crippen LogP contribution >= 0.6 is 7.60 Å². The van der Waals surface area contributed by atoms with Gasteiger partial charge in [-0.25, -0.2) is 0 Å². The van der Waals surface area contributed by atoms with Gasteiger partial charge in [-0.15, -0.1) is 0 Å². The van der Waals surface area contributed by atoms with Gasteiger partial charge in [0.15, 0.2) is 0 Å². The summed E-state index contributed by atoms with van der Waals surface area (Å²) in [5.74, 6) is 0. The van der Waals surface area contributed by atoms with Gasteiger partial charge >= 0.3 is 13.8 Å². The molecule has 2 atom stereocenters. The molecule has 0 saturated carbocycles. The second-order valence-corrected chi connectivity index (χ2v) is 8.17. The Morgan fingerprint density at radius 2 is 2.00 bits per heavy atom. The quantitative estimate of drug-likeness (QED) is 0.788. The molecule has 0 radical (unpaired) electrons. The Labute approximate surface area is 137 Å². The Balaban J connectivity index is 2.00. The molecule has 2 aliphatic rings. The first kappa shape index (κ1) is 17.7. The van der Waals surface area contributed by atoms with Gasteiger partial charge in [-0.3, -0.25) is 4.57 Å². The van der Waals surface area contributed by atoms with Crippen molar-refractivity contribution in [2.45, 2.75) is 43.7 Å². The summed E-state index contributed by atoms with van der Waals surface area (Å²) in [5.41, 5.74) is -0.964. The molecular formula is C15H19F3NO4P. The number of ether oxygens (including phenoxy) is 1. The van der Waals surface area contributed by atoms with Gasteiger partial charge in [-0.05, 0) is 49.4 Å². The number of anilines is 1. The molecule has 24 heavy (non-hydrogen) atoms. The predicted octanol–water partition coefficient (Wildman–Crippen LogP) is 3.14. The van der Waals surface area contributed by atoms with Crippen molar-refractivity contribution in [2.24, 2.45) is 0 Å². The summed E-state index contributed by atoms with van der Waals surface area (Å²) in [4.78, 5) is 20.8. The number of halogens is 3. The standard InChI is InChI=1S/C15H19F3NO4P/c16-15(17,18)11-4-5-13-10(7-11)8-12(24(20,21)22)9-19(13)14-3-1-2-6-23-14/h4-5,7,12,14H,1-3,6,8-9H2,(H2,20,21,22). The van der Waals surface area contributed by atoms with Crippen LogP contribution in [0.25, 0.3) is 0 Å². The first-order valence-corrected chi connectivity index (χ1v) is 9.48. The van der Waals surface area contributed by atoms with Crippen molar-refractivity contribution in [1.29, 1.82) is 0 Å². The van der Waals surface area contributed by atoms with Crippen molar-refractivity contribution >= 4 is 13.3 Å². The van der Waals surface area contributed by atoms with Crippen LogP contribution in [0.15, 0.2) is 18.2 Å². The van der Waals surface area contributed by atoms with Gasteiger partial charge in [0.2, 0.25) is 0 Å². The van der Waals surface area contributed by atoms with Crippen LogP contribution in [-0.4, -0.2) is 34.8 Å². The SMILES string of the molecule is O=P(O)(O)C1Cc2cc(C(F)(F)F)ccc2N(C2CCCCO2)C1. The van der Waals surface area contributed by atoms with Crippen LogP contribution in [0.2, 0.25) is 0 Å². The van der Waals surface area contributed by atoms with E-state index < -0.39 is 25.0 Å². The van der Waals surface area contributed by atoms with Crippen LogP contribution < -0.4 is 4.90 Å². The summed E-state index contributed by atoms with van der Waals surface area (Å²) < 4.78 is 56.2. The first-order chi connectivity index (χ1) is 11.2. The molecule has 1 saturated heterocycles. The zero-order chi connectivity index (χ0) is 17.5. The number of benzene rings is 1. The van der Waals surface area contributed by atoms with Crippen LogP contribution in [0.3, 0.4) is 0 Å². The van der Waals surface area contributed by atoms with Gasteiger partial charge in [0.25, 0.3) is 0 Å². The summed E-state index contributed by atoms with van der Waals surface area (Å²) in [5, 5.41) is 0. The maximum Gasteiger partial charge on any atom is 0.416 e. The molecule has 2 aliphatic heterocycles.